The van der Waals surface area contributed by atoms with Crippen LogP contribution in [0.4, 0.5) is 0 Å². The first-order valence-corrected chi connectivity index (χ1v) is 9.15. The molecule has 0 aliphatic heterocycles. The molecule has 0 aromatic carbocycles. The molecule has 1 heterocycles. The molecule has 6 nitrogen and oxygen atoms in total. The number of unbranched alkanes of at least 4 members (excludes halogenated alkanes) is 2. The summed E-state index contributed by atoms with van der Waals surface area (Å²) in [6.07, 6.45) is 5.78. The maximum absolute atomic E-state index is 5.25. The van der Waals surface area contributed by atoms with E-state index in [1.54, 1.807) is 7.05 Å². The Balaban J connectivity index is 0.00000576. The van der Waals surface area contributed by atoms with E-state index in [0.717, 1.165) is 24.9 Å². The quantitative estimate of drug-likeness (QED) is 0.235. The lowest BCUT2D eigenvalue weighted by molar-refractivity contribution is 0.318. The number of aliphatic imine (C=N–C) groups is 1. The Kier molecular flexibility index (Phi) is 12.1. The molecule has 0 fully saturated rings. The van der Waals surface area contributed by atoms with Crippen molar-refractivity contribution in [1.82, 2.24) is 20.8 Å². The highest BCUT2D eigenvalue weighted by molar-refractivity contribution is 14.0. The lowest BCUT2D eigenvalue weighted by Crippen LogP contribution is -2.42. The van der Waals surface area contributed by atoms with E-state index >= 15 is 0 Å². The number of hydrogen-bond acceptors (Lipinski definition) is 4. The minimum Gasteiger partial charge on any atom is -0.356 e. The van der Waals surface area contributed by atoms with E-state index in [0.29, 0.717) is 18.2 Å². The summed E-state index contributed by atoms with van der Waals surface area (Å²) in [5.74, 6) is 2.55. The summed E-state index contributed by atoms with van der Waals surface area (Å²) in [6.45, 7) is 12.6. The minimum absolute atomic E-state index is 0. The van der Waals surface area contributed by atoms with E-state index in [1.165, 1.54) is 25.7 Å². The average molecular weight is 465 g/mol. The molecular formula is C18H36IN5O. The zero-order valence-electron chi connectivity index (χ0n) is 16.7. The van der Waals surface area contributed by atoms with Crippen LogP contribution >= 0.6 is 24.0 Å². The van der Waals surface area contributed by atoms with E-state index in [9.17, 15) is 0 Å². The molecule has 7 heteroatoms. The van der Waals surface area contributed by atoms with Crippen LogP contribution in [0.3, 0.4) is 0 Å². The summed E-state index contributed by atoms with van der Waals surface area (Å²) < 4.78 is 5.25. The maximum atomic E-state index is 5.25. The van der Waals surface area contributed by atoms with Crippen LogP contribution < -0.4 is 10.6 Å². The zero-order chi connectivity index (χ0) is 18.0. The molecule has 146 valence electrons. The van der Waals surface area contributed by atoms with Crippen LogP contribution in [-0.4, -0.2) is 36.2 Å². The van der Waals surface area contributed by atoms with Crippen molar-refractivity contribution in [2.75, 3.05) is 20.1 Å². The number of nitrogens with zero attached hydrogens (tertiary/aromatic N) is 3. The van der Waals surface area contributed by atoms with Crippen molar-refractivity contribution in [2.45, 2.75) is 72.6 Å². The van der Waals surface area contributed by atoms with E-state index in [2.05, 4.69) is 60.4 Å². The number of halogens is 1. The lowest BCUT2D eigenvalue weighted by atomic mass is 9.87. The molecule has 0 saturated carbocycles. The summed E-state index contributed by atoms with van der Waals surface area (Å²) in [6, 6.07) is 0. The molecule has 0 aliphatic rings. The standard InChI is InChI=1S/C18H35N5O.HI/c1-7-8-9-11-18(4,5)13-21-17(19-6)20-12-10-15-22-16(14(2)3)23-24-15;/h14H,7-13H2,1-6H3,(H2,19,20,21);1H. The lowest BCUT2D eigenvalue weighted by Gasteiger charge is -2.26. The Morgan fingerprint density at radius 2 is 1.96 bits per heavy atom. The summed E-state index contributed by atoms with van der Waals surface area (Å²) in [5, 5.41) is 10.7. The Bertz CT molecular complexity index is 499. The fraction of sp³-hybridized carbons (Fsp3) is 0.833. The molecule has 1 aromatic rings. The van der Waals surface area contributed by atoms with Gasteiger partial charge in [0.05, 0.1) is 0 Å². The Hall–Kier alpha value is -0.860. The first-order valence-electron chi connectivity index (χ1n) is 9.15. The summed E-state index contributed by atoms with van der Waals surface area (Å²) in [4.78, 5) is 8.66. The largest absolute Gasteiger partial charge is 0.356 e. The minimum atomic E-state index is 0. The molecule has 0 aliphatic carbocycles. The van der Waals surface area contributed by atoms with Crippen LogP contribution in [0.25, 0.3) is 0 Å². The molecule has 0 saturated heterocycles. The number of guanidine groups is 1. The van der Waals surface area contributed by atoms with Crippen molar-refractivity contribution in [2.24, 2.45) is 10.4 Å². The van der Waals surface area contributed by atoms with Crippen LogP contribution in [0.15, 0.2) is 9.52 Å². The third kappa shape index (κ3) is 10.0. The highest BCUT2D eigenvalue weighted by atomic mass is 127. The molecule has 1 aromatic heterocycles. The molecule has 0 spiro atoms. The van der Waals surface area contributed by atoms with Crippen molar-refractivity contribution in [3.63, 3.8) is 0 Å². The number of aromatic nitrogens is 2. The molecule has 0 radical (unpaired) electrons. The molecule has 0 bridgehead atoms. The summed E-state index contributed by atoms with van der Waals surface area (Å²) in [7, 11) is 1.79. The first-order chi connectivity index (χ1) is 11.4. The third-order valence-electron chi connectivity index (χ3n) is 4.05. The Morgan fingerprint density at radius 3 is 2.52 bits per heavy atom. The fourth-order valence-corrected chi connectivity index (χ4v) is 2.38. The van der Waals surface area contributed by atoms with Crippen molar-refractivity contribution in [1.29, 1.82) is 0 Å². The normalized spacial score (nSPS) is 12.2. The maximum Gasteiger partial charge on any atom is 0.228 e. The average Bonchev–Trinajstić information content (AvgIpc) is 3.00. The monoisotopic (exact) mass is 465 g/mol. The predicted octanol–water partition coefficient (Wildman–Crippen LogP) is 4.13. The Morgan fingerprint density at radius 1 is 1.24 bits per heavy atom. The van der Waals surface area contributed by atoms with Gasteiger partial charge < -0.3 is 15.2 Å². The van der Waals surface area contributed by atoms with Gasteiger partial charge in [0, 0.05) is 32.5 Å². The second-order valence-electron chi connectivity index (χ2n) is 7.42. The van der Waals surface area contributed by atoms with Crippen LogP contribution in [-0.2, 0) is 6.42 Å². The van der Waals surface area contributed by atoms with Gasteiger partial charge in [-0.15, -0.1) is 24.0 Å². The molecule has 2 N–H and O–H groups in total. The first kappa shape index (κ1) is 24.1. The second-order valence-corrected chi connectivity index (χ2v) is 7.42. The van der Waals surface area contributed by atoms with Gasteiger partial charge in [-0.3, -0.25) is 4.99 Å². The van der Waals surface area contributed by atoms with Gasteiger partial charge in [0.15, 0.2) is 11.8 Å². The summed E-state index contributed by atoms with van der Waals surface area (Å²) in [5.41, 5.74) is 0.269. The Labute approximate surface area is 170 Å². The molecule has 1 rings (SSSR count). The predicted molar refractivity (Wildman–Crippen MR) is 115 cm³/mol. The van der Waals surface area contributed by atoms with Crippen molar-refractivity contribution in [3.8, 4) is 0 Å². The van der Waals surface area contributed by atoms with Gasteiger partial charge in [-0.2, -0.15) is 4.98 Å². The third-order valence-corrected chi connectivity index (χ3v) is 4.05. The van der Waals surface area contributed by atoms with E-state index in [-0.39, 0.29) is 29.4 Å². The molecular weight excluding hydrogens is 429 g/mol. The number of nitrogens with one attached hydrogen (secondary N) is 2. The number of rotatable bonds is 10. The number of hydrogen-bond donors (Lipinski definition) is 2. The highest BCUT2D eigenvalue weighted by Crippen LogP contribution is 2.22. The molecule has 0 atom stereocenters. The smallest absolute Gasteiger partial charge is 0.228 e. The van der Waals surface area contributed by atoms with Crippen LogP contribution in [0.2, 0.25) is 0 Å². The van der Waals surface area contributed by atoms with Gasteiger partial charge in [0.2, 0.25) is 5.89 Å². The van der Waals surface area contributed by atoms with Crippen LogP contribution in [0.1, 0.15) is 77.9 Å². The van der Waals surface area contributed by atoms with Gasteiger partial charge in [-0.25, -0.2) is 0 Å². The topological polar surface area (TPSA) is 75.3 Å². The molecule has 0 unspecified atom stereocenters. The van der Waals surface area contributed by atoms with Gasteiger partial charge >= 0.3 is 0 Å². The van der Waals surface area contributed by atoms with E-state index < -0.39 is 0 Å². The SMILES string of the molecule is CCCCCC(C)(C)CNC(=NC)NCCc1nc(C(C)C)no1.I. The zero-order valence-corrected chi connectivity index (χ0v) is 19.0. The van der Waals surface area contributed by atoms with Crippen LogP contribution in [0, 0.1) is 5.41 Å². The van der Waals surface area contributed by atoms with Crippen LogP contribution in [0.5, 0.6) is 0 Å². The molecule has 25 heavy (non-hydrogen) atoms. The highest BCUT2D eigenvalue weighted by Gasteiger charge is 2.17. The van der Waals surface area contributed by atoms with Gasteiger partial charge in [-0.05, 0) is 11.8 Å². The van der Waals surface area contributed by atoms with Gasteiger partial charge in [-0.1, -0.05) is 59.0 Å². The second kappa shape index (κ2) is 12.5. The molecule has 0 amide bonds. The van der Waals surface area contributed by atoms with E-state index in [1.807, 2.05) is 0 Å². The van der Waals surface area contributed by atoms with Crippen molar-refractivity contribution < 1.29 is 4.52 Å². The van der Waals surface area contributed by atoms with Crippen molar-refractivity contribution in [3.05, 3.63) is 11.7 Å². The summed E-state index contributed by atoms with van der Waals surface area (Å²) >= 11 is 0. The van der Waals surface area contributed by atoms with E-state index in [4.69, 9.17) is 4.52 Å². The fourth-order valence-electron chi connectivity index (χ4n) is 2.38. The van der Waals surface area contributed by atoms with Crippen molar-refractivity contribution >= 4 is 29.9 Å². The van der Waals surface area contributed by atoms with Gasteiger partial charge in [0.1, 0.15) is 0 Å². The van der Waals surface area contributed by atoms with Gasteiger partial charge in [0.25, 0.3) is 0 Å².